The molecule has 3 rings (SSSR count). The first kappa shape index (κ1) is 15.5. The normalized spacial score (nSPS) is 19.8. The molecule has 5 nitrogen and oxygen atoms in total. The molecule has 1 fully saturated rings. The summed E-state index contributed by atoms with van der Waals surface area (Å²) in [6, 6.07) is 5.48. The van der Waals surface area contributed by atoms with Crippen molar-refractivity contribution in [3.63, 3.8) is 0 Å². The third-order valence-electron chi connectivity index (χ3n) is 4.44. The molecule has 1 aromatic heterocycles. The molecular weight excluding hydrogens is 301 g/mol. The van der Waals surface area contributed by atoms with E-state index in [9.17, 15) is 9.59 Å². The molecule has 0 spiro atoms. The summed E-state index contributed by atoms with van der Waals surface area (Å²) in [7, 11) is -0.475. The summed E-state index contributed by atoms with van der Waals surface area (Å²) in [5, 5.41) is 0. The van der Waals surface area contributed by atoms with E-state index in [1.54, 1.807) is 6.07 Å². The maximum atomic E-state index is 11.9. The molecular formula is C15H18BNO4S. The fourth-order valence-corrected chi connectivity index (χ4v) is 3.42. The summed E-state index contributed by atoms with van der Waals surface area (Å²) in [4.78, 5) is 23.2. The van der Waals surface area contributed by atoms with Gasteiger partial charge in [0.15, 0.2) is 0 Å². The van der Waals surface area contributed by atoms with Crippen molar-refractivity contribution in [1.82, 2.24) is 4.57 Å². The fraction of sp³-hybridized carbons (Fsp3) is 0.467. The van der Waals surface area contributed by atoms with Gasteiger partial charge in [-0.25, -0.2) is 4.57 Å². The molecule has 0 bridgehead atoms. The van der Waals surface area contributed by atoms with Crippen LogP contribution < -0.4 is 10.3 Å². The highest BCUT2D eigenvalue weighted by atomic mass is 32.1. The number of aromatic nitrogens is 1. The van der Waals surface area contributed by atoms with Gasteiger partial charge in [0, 0.05) is 6.92 Å². The van der Waals surface area contributed by atoms with Crippen LogP contribution in [0.15, 0.2) is 23.0 Å². The molecule has 0 atom stereocenters. The number of rotatable bonds is 1. The van der Waals surface area contributed by atoms with Crippen LogP contribution >= 0.6 is 11.3 Å². The highest BCUT2D eigenvalue weighted by molar-refractivity contribution is 7.16. The number of carbonyl (C=O) groups excluding carboxylic acids is 1. The van der Waals surface area contributed by atoms with Crippen molar-refractivity contribution in [3.8, 4) is 0 Å². The molecule has 0 amide bonds. The number of thiazole rings is 1. The van der Waals surface area contributed by atoms with Crippen molar-refractivity contribution in [2.24, 2.45) is 0 Å². The molecule has 1 saturated heterocycles. The second-order valence-corrected chi connectivity index (χ2v) is 7.53. The molecule has 22 heavy (non-hydrogen) atoms. The van der Waals surface area contributed by atoms with E-state index >= 15 is 0 Å². The van der Waals surface area contributed by atoms with Crippen molar-refractivity contribution >= 4 is 40.0 Å². The van der Waals surface area contributed by atoms with E-state index in [0.29, 0.717) is 5.52 Å². The number of hydrogen-bond acceptors (Lipinski definition) is 5. The van der Waals surface area contributed by atoms with Gasteiger partial charge in [-0.2, -0.15) is 0 Å². The van der Waals surface area contributed by atoms with Gasteiger partial charge < -0.3 is 9.31 Å². The summed E-state index contributed by atoms with van der Waals surface area (Å²) >= 11 is 1.06. The minimum Gasteiger partial charge on any atom is -0.399 e. The first-order chi connectivity index (χ1) is 10.1. The molecule has 7 heteroatoms. The molecule has 0 radical (unpaired) electrons. The first-order valence-corrected chi connectivity index (χ1v) is 7.96. The Morgan fingerprint density at radius 1 is 1.18 bits per heavy atom. The maximum absolute atomic E-state index is 11.9. The Hall–Kier alpha value is -1.44. The van der Waals surface area contributed by atoms with Crippen molar-refractivity contribution in [1.29, 1.82) is 0 Å². The van der Waals surface area contributed by atoms with Crippen LogP contribution in [-0.2, 0) is 9.31 Å². The second kappa shape index (κ2) is 4.78. The van der Waals surface area contributed by atoms with E-state index in [2.05, 4.69) is 0 Å². The fourth-order valence-electron chi connectivity index (χ4n) is 2.46. The predicted octanol–water partition coefficient (Wildman–Crippen LogP) is 2.02. The van der Waals surface area contributed by atoms with Crippen LogP contribution in [0.5, 0.6) is 0 Å². The van der Waals surface area contributed by atoms with Crippen LogP contribution in [-0.4, -0.2) is 28.8 Å². The molecule has 0 aliphatic carbocycles. The van der Waals surface area contributed by atoms with Crippen molar-refractivity contribution in [3.05, 3.63) is 27.9 Å². The van der Waals surface area contributed by atoms with E-state index in [-0.39, 0.29) is 10.8 Å². The van der Waals surface area contributed by atoms with Crippen molar-refractivity contribution in [2.45, 2.75) is 45.8 Å². The highest BCUT2D eigenvalue weighted by Gasteiger charge is 2.51. The third kappa shape index (κ3) is 2.24. The zero-order chi connectivity index (χ0) is 16.3. The average molecular weight is 319 g/mol. The molecule has 2 heterocycles. The number of hydrogen-bond donors (Lipinski definition) is 0. The standard InChI is InChI=1S/C15H18BNO4S/c1-9(18)17-11-7-6-10(8-12(11)22-13(17)19)16-20-14(2,3)15(4,5)21-16/h6-8H,1-5H3. The average Bonchev–Trinajstić information content (AvgIpc) is 2.81. The molecule has 116 valence electrons. The Balaban J connectivity index is 2.05. The van der Waals surface area contributed by atoms with Crippen LogP contribution in [0.25, 0.3) is 10.2 Å². The quantitative estimate of drug-likeness (QED) is 0.755. The van der Waals surface area contributed by atoms with E-state index in [0.717, 1.165) is 21.5 Å². The smallest absolute Gasteiger partial charge is 0.399 e. The van der Waals surface area contributed by atoms with E-state index in [1.807, 2.05) is 39.8 Å². The second-order valence-electron chi connectivity index (χ2n) is 6.54. The van der Waals surface area contributed by atoms with Gasteiger partial charge in [-0.05, 0) is 45.3 Å². The molecule has 2 aromatic rings. The predicted molar refractivity (Wildman–Crippen MR) is 88.1 cm³/mol. The van der Waals surface area contributed by atoms with Crippen LogP contribution in [0.3, 0.4) is 0 Å². The number of benzene rings is 1. The Morgan fingerprint density at radius 3 is 2.32 bits per heavy atom. The van der Waals surface area contributed by atoms with Gasteiger partial charge in [0.05, 0.1) is 21.4 Å². The van der Waals surface area contributed by atoms with Gasteiger partial charge in [0.25, 0.3) is 0 Å². The Bertz CT molecular complexity index is 805. The lowest BCUT2D eigenvalue weighted by Gasteiger charge is -2.32. The van der Waals surface area contributed by atoms with Gasteiger partial charge >= 0.3 is 12.0 Å². The van der Waals surface area contributed by atoms with Crippen molar-refractivity contribution in [2.75, 3.05) is 0 Å². The van der Waals surface area contributed by atoms with Gasteiger partial charge in [0.2, 0.25) is 5.91 Å². The number of nitrogens with zero attached hydrogens (tertiary/aromatic N) is 1. The summed E-state index contributed by atoms with van der Waals surface area (Å²) in [5.41, 5.74) is 0.654. The Kier molecular flexibility index (Phi) is 3.36. The summed E-state index contributed by atoms with van der Waals surface area (Å²) in [6.07, 6.45) is 0. The van der Waals surface area contributed by atoms with Crippen LogP contribution in [0.1, 0.15) is 39.4 Å². The van der Waals surface area contributed by atoms with E-state index < -0.39 is 18.3 Å². The molecule has 1 aliphatic heterocycles. The first-order valence-electron chi connectivity index (χ1n) is 7.14. The zero-order valence-corrected chi connectivity index (χ0v) is 14.1. The summed E-state index contributed by atoms with van der Waals surface area (Å²) < 4.78 is 14.0. The number of fused-ring (bicyclic) bond motifs is 1. The largest absolute Gasteiger partial charge is 0.494 e. The minimum atomic E-state index is -0.475. The van der Waals surface area contributed by atoms with Gasteiger partial charge in [0.1, 0.15) is 0 Å². The van der Waals surface area contributed by atoms with Gasteiger partial charge in [-0.3, -0.25) is 9.59 Å². The highest BCUT2D eigenvalue weighted by Crippen LogP contribution is 2.36. The lowest BCUT2D eigenvalue weighted by Crippen LogP contribution is -2.41. The third-order valence-corrected chi connectivity index (χ3v) is 5.35. The molecule has 0 N–H and O–H groups in total. The Morgan fingerprint density at radius 2 is 1.77 bits per heavy atom. The number of carbonyl (C=O) groups is 1. The van der Waals surface area contributed by atoms with E-state index in [4.69, 9.17) is 9.31 Å². The van der Waals surface area contributed by atoms with Crippen molar-refractivity contribution < 1.29 is 14.1 Å². The maximum Gasteiger partial charge on any atom is 0.494 e. The van der Waals surface area contributed by atoms with E-state index in [1.165, 1.54) is 11.5 Å². The SMILES string of the molecule is CC(=O)n1c(=O)sc2cc(B3OC(C)(C)C(C)(C)O3)ccc21. The molecule has 1 aromatic carbocycles. The summed E-state index contributed by atoms with van der Waals surface area (Å²) in [5.74, 6) is -0.278. The monoisotopic (exact) mass is 319 g/mol. The minimum absolute atomic E-state index is 0.270. The van der Waals surface area contributed by atoms with Crippen LogP contribution in [0.2, 0.25) is 0 Å². The lowest BCUT2D eigenvalue weighted by molar-refractivity contribution is 0.00578. The van der Waals surface area contributed by atoms with Gasteiger partial charge in [-0.1, -0.05) is 17.4 Å². The Labute approximate surface area is 133 Å². The molecule has 1 aliphatic rings. The summed E-state index contributed by atoms with van der Waals surface area (Å²) in [6.45, 7) is 9.37. The molecule has 0 unspecified atom stereocenters. The van der Waals surface area contributed by atoms with Crippen LogP contribution in [0, 0.1) is 0 Å². The topological polar surface area (TPSA) is 57.5 Å². The van der Waals surface area contributed by atoms with Crippen LogP contribution in [0.4, 0.5) is 0 Å². The zero-order valence-electron chi connectivity index (χ0n) is 13.3. The van der Waals surface area contributed by atoms with Gasteiger partial charge in [-0.15, -0.1) is 0 Å². The molecule has 0 saturated carbocycles. The lowest BCUT2D eigenvalue weighted by atomic mass is 9.79.